The number of hydrogen-bond acceptors (Lipinski definition) is 5. The van der Waals surface area contributed by atoms with E-state index in [-0.39, 0.29) is 29.8 Å². The number of Topliss-reactive ketones (excluding diaryl/α,β-unsaturated/α-hetero) is 1. The summed E-state index contributed by atoms with van der Waals surface area (Å²) in [5, 5.41) is 12.5. The summed E-state index contributed by atoms with van der Waals surface area (Å²) in [7, 11) is 0. The van der Waals surface area contributed by atoms with Gasteiger partial charge in [-0.15, -0.1) is 0 Å². The highest BCUT2D eigenvalue weighted by atomic mass is 16.5. The Morgan fingerprint density at radius 2 is 1.81 bits per heavy atom. The number of carbonyl (C=O) groups is 3. The topological polar surface area (TPSA) is 108 Å². The Kier molecular flexibility index (Phi) is 6.46. The van der Waals surface area contributed by atoms with E-state index in [4.69, 9.17) is 4.74 Å². The molecule has 7 nitrogen and oxygen atoms in total. The van der Waals surface area contributed by atoms with Crippen molar-refractivity contribution in [1.29, 1.82) is 0 Å². The zero-order chi connectivity index (χ0) is 25.2. The lowest BCUT2D eigenvalue weighted by Crippen LogP contribution is -2.08. The van der Waals surface area contributed by atoms with Crippen LogP contribution in [0.2, 0.25) is 0 Å². The minimum Gasteiger partial charge on any atom is -0.508 e. The van der Waals surface area contributed by atoms with Gasteiger partial charge >= 0.3 is 5.97 Å². The molecule has 0 spiro atoms. The van der Waals surface area contributed by atoms with Gasteiger partial charge in [0.1, 0.15) is 5.75 Å². The van der Waals surface area contributed by atoms with Gasteiger partial charge in [0.2, 0.25) is 0 Å². The molecule has 0 atom stereocenters. The second-order valence-corrected chi connectivity index (χ2v) is 9.13. The molecule has 0 fully saturated rings. The number of ether oxygens (including phenoxy) is 1. The van der Waals surface area contributed by atoms with Gasteiger partial charge in [0.05, 0.1) is 12.2 Å². The number of aromatic nitrogens is 1. The number of aryl methyl sites for hydroxylation is 1. The molecule has 2 aromatic carbocycles. The fourth-order valence-corrected chi connectivity index (χ4v) is 5.01. The molecule has 0 unspecified atom stereocenters. The molecule has 1 amide bonds. The van der Waals surface area contributed by atoms with Gasteiger partial charge < -0.3 is 20.1 Å². The van der Waals surface area contributed by atoms with Gasteiger partial charge in [0.15, 0.2) is 5.78 Å². The van der Waals surface area contributed by atoms with Gasteiger partial charge in [-0.05, 0) is 73.6 Å². The third-order valence-corrected chi connectivity index (χ3v) is 6.75. The van der Waals surface area contributed by atoms with Crippen molar-refractivity contribution in [2.24, 2.45) is 0 Å². The number of rotatable bonds is 6. The number of ketones is 1. The number of hydrogen-bond donors (Lipinski definition) is 3. The molecule has 7 heteroatoms. The summed E-state index contributed by atoms with van der Waals surface area (Å²) in [6.45, 7) is 2.08. The summed E-state index contributed by atoms with van der Waals surface area (Å²) in [6.07, 6.45) is 5.32. The highest BCUT2D eigenvalue weighted by molar-refractivity contribution is 6.35. The van der Waals surface area contributed by atoms with E-state index in [2.05, 4.69) is 10.3 Å². The first-order chi connectivity index (χ1) is 17.4. The van der Waals surface area contributed by atoms with Crippen LogP contribution in [0, 0.1) is 0 Å². The Morgan fingerprint density at radius 1 is 1.06 bits per heavy atom. The molecule has 184 valence electrons. The largest absolute Gasteiger partial charge is 0.508 e. The molecule has 5 rings (SSSR count). The Balaban J connectivity index is 1.53. The molecule has 0 bridgehead atoms. The number of aromatic amines is 1. The lowest BCUT2D eigenvalue weighted by Gasteiger charge is -2.07. The number of carbonyl (C=O) groups excluding carboxylic acids is 3. The van der Waals surface area contributed by atoms with Crippen molar-refractivity contribution in [3.05, 3.63) is 70.5 Å². The van der Waals surface area contributed by atoms with Crippen molar-refractivity contribution in [2.45, 2.75) is 45.4 Å². The van der Waals surface area contributed by atoms with Crippen LogP contribution in [-0.2, 0) is 27.2 Å². The number of phenolic OH excluding ortho intramolecular Hbond substituents is 1. The number of nitrogens with one attached hydrogen (secondary N) is 2. The van der Waals surface area contributed by atoms with Crippen LogP contribution < -0.4 is 5.32 Å². The Bertz CT molecular complexity index is 1380. The van der Waals surface area contributed by atoms with Gasteiger partial charge in [0, 0.05) is 41.0 Å². The Hall–Kier alpha value is -4.13. The summed E-state index contributed by atoms with van der Waals surface area (Å²) in [4.78, 5) is 41.4. The Morgan fingerprint density at radius 3 is 2.58 bits per heavy atom. The molecular weight excluding hydrogens is 456 g/mol. The van der Waals surface area contributed by atoms with E-state index in [0.29, 0.717) is 42.0 Å². The molecule has 0 saturated carbocycles. The molecule has 3 N–H and O–H groups in total. The first kappa shape index (κ1) is 23.6. The molecule has 0 radical (unpaired) electrons. The quantitative estimate of drug-likeness (QED) is 0.250. The predicted octanol–water partition coefficient (Wildman–Crippen LogP) is 5.28. The van der Waals surface area contributed by atoms with E-state index in [1.807, 2.05) is 30.3 Å². The molecule has 1 aliphatic heterocycles. The summed E-state index contributed by atoms with van der Waals surface area (Å²) in [5.41, 5.74) is 6.85. The van der Waals surface area contributed by atoms with Crippen LogP contribution in [-0.4, -0.2) is 34.4 Å². The molecule has 3 aromatic rings. The molecule has 1 aliphatic carbocycles. The van der Waals surface area contributed by atoms with Gasteiger partial charge in [-0.2, -0.15) is 0 Å². The van der Waals surface area contributed by atoms with E-state index < -0.39 is 0 Å². The zero-order valence-corrected chi connectivity index (χ0v) is 20.1. The summed E-state index contributed by atoms with van der Waals surface area (Å²) in [6, 6.07) is 12.6. The first-order valence-electron chi connectivity index (χ1n) is 12.3. The smallest absolute Gasteiger partial charge is 0.306 e. The van der Waals surface area contributed by atoms with Crippen LogP contribution in [0.25, 0.3) is 22.8 Å². The van der Waals surface area contributed by atoms with Gasteiger partial charge in [-0.3, -0.25) is 14.4 Å². The van der Waals surface area contributed by atoms with Crippen molar-refractivity contribution in [3.63, 3.8) is 0 Å². The summed E-state index contributed by atoms with van der Waals surface area (Å²) < 4.78 is 5.10. The fourth-order valence-electron chi connectivity index (χ4n) is 5.01. The minimum absolute atomic E-state index is 0.0806. The standard InChI is InChI=1S/C29H28N2O5/c1-2-36-27(34)14-13-21-25(30-23-5-3-4-6-26(33)28(21)23)16-22-20-12-9-18(15-24(20)31-29(22)35)17-7-10-19(32)11-8-17/h7-12,15-16,30,32H,2-6,13-14H2,1H3,(H,31,35). The summed E-state index contributed by atoms with van der Waals surface area (Å²) in [5.74, 6) is -0.254. The van der Waals surface area contributed by atoms with Gasteiger partial charge in [-0.1, -0.05) is 24.3 Å². The minimum atomic E-state index is -0.308. The normalized spacial score (nSPS) is 15.9. The molecule has 36 heavy (non-hydrogen) atoms. The fraction of sp³-hybridized carbons (Fsp3) is 0.276. The molecule has 2 aliphatic rings. The van der Waals surface area contributed by atoms with Crippen molar-refractivity contribution in [2.75, 3.05) is 11.9 Å². The summed E-state index contributed by atoms with van der Waals surface area (Å²) >= 11 is 0. The number of fused-ring (bicyclic) bond motifs is 2. The van der Waals surface area contributed by atoms with Crippen molar-refractivity contribution >= 4 is 35.0 Å². The average molecular weight is 485 g/mol. The number of H-pyrrole nitrogens is 1. The first-order valence-corrected chi connectivity index (χ1v) is 12.3. The van der Waals surface area contributed by atoms with E-state index >= 15 is 0 Å². The highest BCUT2D eigenvalue weighted by Gasteiger charge is 2.28. The molecular formula is C29H28N2O5. The number of amides is 1. The van der Waals surface area contributed by atoms with Crippen LogP contribution in [0.1, 0.15) is 65.5 Å². The van der Waals surface area contributed by atoms with Crippen LogP contribution in [0.3, 0.4) is 0 Å². The van der Waals surface area contributed by atoms with Gasteiger partial charge in [-0.25, -0.2) is 0 Å². The number of esters is 1. The zero-order valence-electron chi connectivity index (χ0n) is 20.1. The maximum absolute atomic E-state index is 13.0. The van der Waals surface area contributed by atoms with Crippen molar-refractivity contribution < 1.29 is 24.2 Å². The van der Waals surface area contributed by atoms with Crippen molar-refractivity contribution in [1.82, 2.24) is 4.98 Å². The van der Waals surface area contributed by atoms with E-state index in [1.165, 1.54) is 0 Å². The van der Waals surface area contributed by atoms with Crippen LogP contribution in [0.5, 0.6) is 5.75 Å². The monoisotopic (exact) mass is 484 g/mol. The number of aromatic hydroxyl groups is 1. The SMILES string of the molecule is CCOC(=O)CCc1c(C=C2C(=O)Nc3cc(-c4ccc(O)cc4)ccc32)[nH]c2c1C(=O)CCCC2. The number of benzene rings is 2. The lowest BCUT2D eigenvalue weighted by atomic mass is 9.96. The second kappa shape index (κ2) is 9.85. The number of anilines is 1. The van der Waals surface area contributed by atoms with E-state index in [0.717, 1.165) is 47.2 Å². The number of phenols is 1. The van der Waals surface area contributed by atoms with Crippen LogP contribution in [0.15, 0.2) is 42.5 Å². The van der Waals surface area contributed by atoms with Gasteiger partial charge in [0.25, 0.3) is 5.91 Å². The molecule has 1 aromatic heterocycles. The van der Waals surface area contributed by atoms with Crippen LogP contribution in [0.4, 0.5) is 5.69 Å². The predicted molar refractivity (Wildman–Crippen MR) is 138 cm³/mol. The third kappa shape index (κ3) is 4.56. The Labute approximate surface area is 209 Å². The third-order valence-electron chi connectivity index (χ3n) is 6.75. The lowest BCUT2D eigenvalue weighted by molar-refractivity contribution is -0.143. The van der Waals surface area contributed by atoms with Crippen molar-refractivity contribution in [3.8, 4) is 16.9 Å². The second-order valence-electron chi connectivity index (χ2n) is 9.13. The molecule has 0 saturated heterocycles. The average Bonchev–Trinajstić information content (AvgIpc) is 3.30. The van der Waals surface area contributed by atoms with E-state index in [1.54, 1.807) is 25.1 Å². The van der Waals surface area contributed by atoms with Crippen LogP contribution >= 0.6 is 0 Å². The molecule has 2 heterocycles. The highest BCUT2D eigenvalue weighted by Crippen LogP contribution is 2.38. The maximum Gasteiger partial charge on any atom is 0.306 e. The van der Waals surface area contributed by atoms with E-state index in [9.17, 15) is 19.5 Å². The maximum atomic E-state index is 13.0.